The zero-order chi connectivity index (χ0) is 15.0. The molecule has 0 aliphatic heterocycles. The summed E-state index contributed by atoms with van der Waals surface area (Å²) < 4.78 is 0. The van der Waals surface area contributed by atoms with E-state index in [2.05, 4.69) is 62.2 Å². The second kappa shape index (κ2) is 5.82. The highest BCUT2D eigenvalue weighted by Gasteiger charge is 2.31. The maximum Gasteiger partial charge on any atom is 0.0969 e. The lowest BCUT2D eigenvalue weighted by atomic mass is 9.81. The van der Waals surface area contributed by atoms with Crippen molar-refractivity contribution in [3.63, 3.8) is 0 Å². The zero-order valence-electron chi connectivity index (χ0n) is 12.8. The quantitative estimate of drug-likeness (QED) is 0.895. The smallest absolute Gasteiger partial charge is 0.0969 e. The number of rotatable bonds is 2. The third kappa shape index (κ3) is 2.99. The van der Waals surface area contributed by atoms with Gasteiger partial charge in [0, 0.05) is 17.0 Å². The number of aryl methyl sites for hydroxylation is 2. The van der Waals surface area contributed by atoms with Gasteiger partial charge in [0.1, 0.15) is 0 Å². The Balaban J connectivity index is 1.87. The Bertz CT molecular complexity index is 633. The van der Waals surface area contributed by atoms with Crippen molar-refractivity contribution in [2.75, 3.05) is 0 Å². The van der Waals surface area contributed by atoms with E-state index in [4.69, 9.17) is 5.73 Å². The van der Waals surface area contributed by atoms with Gasteiger partial charge in [-0.2, -0.15) is 0 Å². The normalized spacial score (nSPS) is 24.7. The first-order valence-electron chi connectivity index (χ1n) is 7.51. The monoisotopic (exact) mass is 298 g/mol. The highest BCUT2D eigenvalue weighted by atomic mass is 32.2. The van der Waals surface area contributed by atoms with Crippen molar-refractivity contribution in [3.8, 4) is 0 Å². The van der Waals surface area contributed by atoms with Gasteiger partial charge in [-0.25, -0.2) is 4.98 Å². The summed E-state index contributed by atoms with van der Waals surface area (Å²) in [4.78, 5) is 4.65. The predicted molar refractivity (Wildman–Crippen MR) is 89.8 cm³/mol. The van der Waals surface area contributed by atoms with Gasteiger partial charge in [0.05, 0.1) is 5.03 Å². The van der Waals surface area contributed by atoms with E-state index in [9.17, 15) is 0 Å². The first-order chi connectivity index (χ1) is 10.0. The Morgan fingerprint density at radius 2 is 1.86 bits per heavy atom. The fourth-order valence-electron chi connectivity index (χ4n) is 3.23. The van der Waals surface area contributed by atoms with Crippen molar-refractivity contribution < 1.29 is 0 Å². The Morgan fingerprint density at radius 1 is 1.14 bits per heavy atom. The van der Waals surface area contributed by atoms with Crippen molar-refractivity contribution in [2.45, 2.75) is 49.4 Å². The Morgan fingerprint density at radius 3 is 2.57 bits per heavy atom. The van der Waals surface area contributed by atoms with Crippen LogP contribution in [-0.2, 0) is 0 Å². The number of fused-ring (bicyclic) bond motifs is 1. The van der Waals surface area contributed by atoms with E-state index in [-0.39, 0.29) is 6.04 Å². The molecule has 2 nitrogen and oxygen atoms in total. The first kappa shape index (κ1) is 14.6. The number of nitrogens with two attached hydrogens (primary N) is 1. The van der Waals surface area contributed by atoms with Crippen molar-refractivity contribution in [3.05, 3.63) is 58.8 Å². The minimum absolute atomic E-state index is 0.0880. The van der Waals surface area contributed by atoms with E-state index in [0.717, 1.165) is 17.1 Å². The molecule has 2 N–H and O–H groups in total. The lowest BCUT2D eigenvalue weighted by Gasteiger charge is -2.34. The minimum Gasteiger partial charge on any atom is -0.323 e. The lowest BCUT2D eigenvalue weighted by molar-refractivity contribution is 0.527. The Hall–Kier alpha value is -1.32. The third-order valence-electron chi connectivity index (χ3n) is 4.22. The molecule has 0 saturated carbocycles. The maximum atomic E-state index is 6.53. The molecule has 0 spiro atoms. The molecule has 1 aliphatic carbocycles. The molecule has 0 fully saturated rings. The number of nitrogens with zero attached hydrogens (tertiary/aromatic N) is 1. The van der Waals surface area contributed by atoms with E-state index < -0.39 is 0 Å². The summed E-state index contributed by atoms with van der Waals surface area (Å²) in [6.45, 7) is 6.47. The van der Waals surface area contributed by atoms with Crippen LogP contribution in [0.5, 0.6) is 0 Å². The molecule has 0 amide bonds. The highest BCUT2D eigenvalue weighted by Crippen LogP contribution is 2.43. The van der Waals surface area contributed by atoms with Crippen LogP contribution in [-0.4, -0.2) is 10.2 Å². The number of pyridine rings is 1. The largest absolute Gasteiger partial charge is 0.323 e. The number of hydrogen-bond donors (Lipinski definition) is 1. The van der Waals surface area contributed by atoms with E-state index in [1.807, 2.05) is 11.8 Å². The lowest BCUT2D eigenvalue weighted by Crippen LogP contribution is -2.31. The number of thioether (sulfide) groups is 1. The summed E-state index contributed by atoms with van der Waals surface area (Å²) in [5.41, 5.74) is 11.6. The molecule has 0 saturated heterocycles. The minimum atomic E-state index is 0.0880. The van der Waals surface area contributed by atoms with Gasteiger partial charge >= 0.3 is 0 Å². The van der Waals surface area contributed by atoms with Gasteiger partial charge in [0.15, 0.2) is 0 Å². The molecule has 1 aromatic heterocycles. The van der Waals surface area contributed by atoms with E-state index in [1.54, 1.807) is 0 Å². The third-order valence-corrected chi connectivity index (χ3v) is 5.46. The van der Waals surface area contributed by atoms with E-state index >= 15 is 0 Å². The number of aromatic nitrogens is 1. The molecular weight excluding hydrogens is 276 g/mol. The Kier molecular flexibility index (Phi) is 4.05. The molecule has 3 heteroatoms. The Labute approximate surface area is 131 Å². The molecule has 3 unspecified atom stereocenters. The first-order valence-corrected chi connectivity index (χ1v) is 8.39. The molecule has 0 radical (unpaired) electrons. The topological polar surface area (TPSA) is 38.9 Å². The van der Waals surface area contributed by atoms with Crippen molar-refractivity contribution in [1.82, 2.24) is 4.98 Å². The second-order valence-electron chi connectivity index (χ2n) is 6.07. The summed E-state index contributed by atoms with van der Waals surface area (Å²) in [5, 5.41) is 1.49. The molecule has 21 heavy (non-hydrogen) atoms. The molecule has 3 rings (SSSR count). The van der Waals surface area contributed by atoms with Gasteiger partial charge in [-0.3, -0.25) is 0 Å². The number of benzene rings is 1. The summed E-state index contributed by atoms with van der Waals surface area (Å²) in [6.07, 6.45) is 1.11. The van der Waals surface area contributed by atoms with Gasteiger partial charge in [-0.15, -0.1) is 11.8 Å². The van der Waals surface area contributed by atoms with Crippen LogP contribution in [0.25, 0.3) is 0 Å². The van der Waals surface area contributed by atoms with Crippen LogP contribution >= 0.6 is 11.8 Å². The van der Waals surface area contributed by atoms with Crippen LogP contribution in [0, 0.1) is 13.8 Å². The van der Waals surface area contributed by atoms with Crippen LogP contribution in [0.1, 0.15) is 47.7 Å². The van der Waals surface area contributed by atoms with E-state index in [1.165, 1.54) is 16.7 Å². The molecule has 2 aromatic rings. The van der Waals surface area contributed by atoms with Crippen LogP contribution in [0.3, 0.4) is 0 Å². The van der Waals surface area contributed by atoms with Gasteiger partial charge in [0.25, 0.3) is 0 Å². The molecule has 1 aromatic carbocycles. The number of hydrogen-bond acceptors (Lipinski definition) is 3. The summed E-state index contributed by atoms with van der Waals surface area (Å²) >= 11 is 1.83. The van der Waals surface area contributed by atoms with E-state index in [0.29, 0.717) is 11.2 Å². The SMILES string of the molecule is Cc1cc(C)nc(SC2CC(C)c3ccccc3C2N)c1. The highest BCUT2D eigenvalue weighted by molar-refractivity contribution is 7.99. The van der Waals surface area contributed by atoms with Gasteiger partial charge < -0.3 is 5.73 Å². The van der Waals surface area contributed by atoms with Crippen LogP contribution < -0.4 is 5.73 Å². The average molecular weight is 298 g/mol. The van der Waals surface area contributed by atoms with Gasteiger partial charge in [-0.1, -0.05) is 31.2 Å². The van der Waals surface area contributed by atoms with Gasteiger partial charge in [-0.05, 0) is 55.0 Å². The van der Waals surface area contributed by atoms with Crippen LogP contribution in [0.4, 0.5) is 0 Å². The standard InChI is InChI=1S/C18H22N2S/c1-11-8-13(3)20-17(9-11)21-16-10-12(2)14-6-4-5-7-15(14)18(16)19/h4-9,12,16,18H,10,19H2,1-3H3. The summed E-state index contributed by atoms with van der Waals surface area (Å²) in [6, 6.07) is 13.0. The molecule has 3 atom stereocenters. The fourth-order valence-corrected chi connectivity index (χ4v) is 4.67. The summed E-state index contributed by atoms with van der Waals surface area (Å²) in [5.74, 6) is 0.560. The molecular formula is C18H22N2S. The van der Waals surface area contributed by atoms with Crippen LogP contribution in [0.15, 0.2) is 41.4 Å². The van der Waals surface area contributed by atoms with Gasteiger partial charge in [0.2, 0.25) is 0 Å². The molecule has 0 bridgehead atoms. The molecule has 1 heterocycles. The van der Waals surface area contributed by atoms with Crippen molar-refractivity contribution in [1.29, 1.82) is 0 Å². The zero-order valence-corrected chi connectivity index (χ0v) is 13.7. The molecule has 110 valence electrons. The van der Waals surface area contributed by atoms with Crippen LogP contribution in [0.2, 0.25) is 0 Å². The fraction of sp³-hybridized carbons (Fsp3) is 0.389. The summed E-state index contributed by atoms with van der Waals surface area (Å²) in [7, 11) is 0. The second-order valence-corrected chi connectivity index (χ2v) is 7.33. The predicted octanol–water partition coefficient (Wildman–Crippen LogP) is 4.37. The average Bonchev–Trinajstić information content (AvgIpc) is 2.43. The van der Waals surface area contributed by atoms with Crippen molar-refractivity contribution >= 4 is 11.8 Å². The maximum absolute atomic E-state index is 6.53. The van der Waals surface area contributed by atoms with Crippen molar-refractivity contribution in [2.24, 2.45) is 5.73 Å². The molecule has 1 aliphatic rings.